The van der Waals surface area contributed by atoms with Gasteiger partial charge in [0.25, 0.3) is 0 Å². The van der Waals surface area contributed by atoms with Crippen LogP contribution in [0.2, 0.25) is 0 Å². The van der Waals surface area contributed by atoms with Crippen molar-refractivity contribution in [1.29, 1.82) is 0 Å². The number of aromatic nitrogens is 1. The van der Waals surface area contributed by atoms with E-state index in [1.54, 1.807) is 4.90 Å². The monoisotopic (exact) mass is 379 g/mol. The number of fused-ring (bicyclic) bond motifs is 1. The second-order valence-electron chi connectivity index (χ2n) is 6.64. The molecule has 142 valence electrons. The lowest BCUT2D eigenvalue weighted by Gasteiger charge is -2.23. The first-order chi connectivity index (χ1) is 12.9. The van der Waals surface area contributed by atoms with Crippen LogP contribution >= 0.6 is 0 Å². The summed E-state index contributed by atoms with van der Waals surface area (Å²) in [7, 11) is 0. The number of aromatic carboxylic acids is 1. The first-order valence-electron chi connectivity index (χ1n) is 8.42. The van der Waals surface area contributed by atoms with Gasteiger partial charge in [-0.25, -0.2) is 18.0 Å². The van der Waals surface area contributed by atoms with Crippen LogP contribution in [-0.2, 0) is 6.54 Å². The molecule has 4 rings (SSSR count). The molecule has 2 aromatic rings. The van der Waals surface area contributed by atoms with E-state index in [4.69, 9.17) is 5.11 Å². The van der Waals surface area contributed by atoms with Gasteiger partial charge in [-0.1, -0.05) is 0 Å². The van der Waals surface area contributed by atoms with Crippen molar-refractivity contribution < 1.29 is 23.1 Å². The molecule has 1 aromatic heterocycles. The molecule has 0 atom stereocenters. The van der Waals surface area contributed by atoms with E-state index < -0.39 is 40.7 Å². The maximum absolute atomic E-state index is 15.3. The Morgan fingerprint density at radius 2 is 1.89 bits per heavy atom. The Kier molecular flexibility index (Phi) is 4.18. The van der Waals surface area contributed by atoms with Crippen LogP contribution in [0.15, 0.2) is 28.2 Å². The second-order valence-corrected chi connectivity index (χ2v) is 6.64. The predicted octanol–water partition coefficient (Wildman–Crippen LogP) is 1.67. The third-order valence-corrected chi connectivity index (χ3v) is 5.04. The molecule has 0 bridgehead atoms. The molecule has 0 aliphatic carbocycles. The zero-order valence-corrected chi connectivity index (χ0v) is 14.2. The summed E-state index contributed by atoms with van der Waals surface area (Å²) in [6, 6.07) is 0.846. The number of hydrogen-bond acceptors (Lipinski definition) is 4. The molecule has 3 heterocycles. The first kappa shape index (κ1) is 17.6. The summed E-state index contributed by atoms with van der Waals surface area (Å²) in [5.74, 6) is -3.46. The van der Waals surface area contributed by atoms with E-state index in [-0.39, 0.29) is 17.7 Å². The zero-order valence-electron chi connectivity index (χ0n) is 14.2. The Morgan fingerprint density at radius 1 is 1.22 bits per heavy atom. The van der Waals surface area contributed by atoms with Gasteiger partial charge in [-0.05, 0) is 17.2 Å². The van der Waals surface area contributed by atoms with Crippen molar-refractivity contribution in [2.24, 2.45) is 0 Å². The maximum Gasteiger partial charge on any atom is 0.341 e. The van der Waals surface area contributed by atoms with Crippen molar-refractivity contribution in [2.75, 3.05) is 37.8 Å². The molecular formula is C18H16F3N3O3. The van der Waals surface area contributed by atoms with E-state index in [1.807, 2.05) is 0 Å². The molecule has 6 nitrogen and oxygen atoms in total. The smallest absolute Gasteiger partial charge is 0.341 e. The fourth-order valence-electron chi connectivity index (χ4n) is 3.81. The summed E-state index contributed by atoms with van der Waals surface area (Å²) in [5, 5.41) is 11.9. The average molecular weight is 379 g/mol. The number of halogens is 3. The highest BCUT2D eigenvalue weighted by atomic mass is 19.1. The van der Waals surface area contributed by atoms with Gasteiger partial charge >= 0.3 is 5.97 Å². The number of carboxylic acid groups (broad SMARTS) is 1. The number of alkyl halides is 1. The molecule has 9 heteroatoms. The number of hydrogen-bond donors (Lipinski definition) is 2. The molecule has 2 aliphatic rings. The van der Waals surface area contributed by atoms with Crippen molar-refractivity contribution in [3.63, 3.8) is 0 Å². The van der Waals surface area contributed by atoms with Gasteiger partial charge in [-0.15, -0.1) is 0 Å². The van der Waals surface area contributed by atoms with Gasteiger partial charge in [0.15, 0.2) is 5.82 Å². The van der Waals surface area contributed by atoms with Crippen LogP contribution in [0.25, 0.3) is 10.9 Å². The molecule has 2 N–H and O–H groups in total. The van der Waals surface area contributed by atoms with Crippen LogP contribution < -0.4 is 15.6 Å². The molecule has 27 heavy (non-hydrogen) atoms. The summed E-state index contributed by atoms with van der Waals surface area (Å²) >= 11 is 0. The van der Waals surface area contributed by atoms with Gasteiger partial charge in [0.05, 0.1) is 17.4 Å². The number of rotatable bonds is 4. The second kappa shape index (κ2) is 6.41. The number of nitrogens with zero attached hydrogens (tertiary/aromatic N) is 2. The van der Waals surface area contributed by atoms with Crippen LogP contribution in [0.3, 0.4) is 0 Å². The number of nitrogens with one attached hydrogen (secondary N) is 1. The molecule has 1 aromatic carbocycles. The zero-order chi connectivity index (χ0) is 19.3. The molecule has 0 amide bonds. The lowest BCUT2D eigenvalue weighted by Crippen LogP contribution is -2.29. The van der Waals surface area contributed by atoms with Crippen molar-refractivity contribution in [2.45, 2.75) is 6.54 Å². The summed E-state index contributed by atoms with van der Waals surface area (Å²) in [4.78, 5) is 25.2. The topological polar surface area (TPSA) is 74.6 Å². The molecular weight excluding hydrogens is 363 g/mol. The molecule has 2 aliphatic heterocycles. The van der Waals surface area contributed by atoms with E-state index >= 15 is 4.39 Å². The predicted molar refractivity (Wildman–Crippen MR) is 93.2 cm³/mol. The number of anilines is 1. The van der Waals surface area contributed by atoms with Gasteiger partial charge in [0, 0.05) is 32.4 Å². The Hall–Kier alpha value is -2.81. The lowest BCUT2D eigenvalue weighted by atomic mass is 10.1. The van der Waals surface area contributed by atoms with Gasteiger partial charge < -0.3 is 19.9 Å². The first-order valence-corrected chi connectivity index (χ1v) is 8.42. The fourth-order valence-corrected chi connectivity index (χ4v) is 3.81. The molecule has 0 unspecified atom stereocenters. The summed E-state index contributed by atoms with van der Waals surface area (Å²) in [6.07, 6.45) is 0.906. The lowest BCUT2D eigenvalue weighted by molar-refractivity contribution is 0.0694. The van der Waals surface area contributed by atoms with Crippen molar-refractivity contribution >= 4 is 22.6 Å². The van der Waals surface area contributed by atoms with Gasteiger partial charge in [-0.2, -0.15) is 0 Å². The highest BCUT2D eigenvalue weighted by Crippen LogP contribution is 2.34. The van der Waals surface area contributed by atoms with E-state index in [2.05, 4.69) is 5.32 Å². The third-order valence-electron chi connectivity index (χ3n) is 5.04. The Balaban J connectivity index is 1.93. The SMILES string of the molecule is O=C(O)c1cn(CCF)c2c(F)c(N3CC4=C(CNC4)C3)c(F)cc2c1=O. The normalized spacial score (nSPS) is 16.5. The number of carboxylic acids is 1. The highest BCUT2D eigenvalue weighted by molar-refractivity contribution is 5.94. The van der Waals surface area contributed by atoms with Crippen LogP contribution in [0.4, 0.5) is 18.9 Å². The van der Waals surface area contributed by atoms with E-state index in [1.165, 1.54) is 0 Å². The molecule has 0 radical (unpaired) electrons. The van der Waals surface area contributed by atoms with Gasteiger partial charge in [-0.3, -0.25) is 4.79 Å². The summed E-state index contributed by atoms with van der Waals surface area (Å²) in [5.41, 5.74) is -0.0673. The molecule has 0 saturated carbocycles. The number of benzene rings is 1. The number of pyridine rings is 1. The minimum Gasteiger partial charge on any atom is -0.477 e. The fraction of sp³-hybridized carbons (Fsp3) is 0.333. The molecule has 0 fully saturated rings. The maximum atomic E-state index is 15.3. The van der Waals surface area contributed by atoms with E-state index in [0.29, 0.717) is 26.2 Å². The minimum absolute atomic E-state index is 0.285. The van der Waals surface area contributed by atoms with Crippen LogP contribution in [0.1, 0.15) is 10.4 Å². The number of carbonyl (C=O) groups is 1. The largest absolute Gasteiger partial charge is 0.477 e. The highest BCUT2D eigenvalue weighted by Gasteiger charge is 2.31. The third kappa shape index (κ3) is 2.69. The Morgan fingerprint density at radius 3 is 2.48 bits per heavy atom. The minimum atomic E-state index is -1.54. The van der Waals surface area contributed by atoms with Crippen LogP contribution in [0, 0.1) is 11.6 Å². The quantitative estimate of drug-likeness (QED) is 0.791. The number of aryl methyl sites for hydroxylation is 1. The van der Waals surface area contributed by atoms with E-state index in [0.717, 1.165) is 28.0 Å². The average Bonchev–Trinajstić information content (AvgIpc) is 3.19. The molecule has 0 spiro atoms. The Labute approximate surface area is 151 Å². The molecule has 0 saturated heterocycles. The van der Waals surface area contributed by atoms with Crippen LogP contribution in [0.5, 0.6) is 0 Å². The standard InChI is InChI=1S/C18H16F3N3O3/c19-1-2-23-8-12(18(26)27)17(25)11-3-13(20)16(14(21)15(11)23)24-6-9-4-22-5-10(9)7-24/h3,8,22H,1-2,4-7H2,(H,26,27). The van der Waals surface area contributed by atoms with Crippen molar-refractivity contribution in [1.82, 2.24) is 9.88 Å². The van der Waals surface area contributed by atoms with Crippen LogP contribution in [-0.4, -0.2) is 48.5 Å². The van der Waals surface area contributed by atoms with Crippen molar-refractivity contribution in [3.05, 3.63) is 50.8 Å². The summed E-state index contributed by atoms with van der Waals surface area (Å²) < 4.78 is 44.0. The van der Waals surface area contributed by atoms with Crippen molar-refractivity contribution in [3.8, 4) is 0 Å². The van der Waals surface area contributed by atoms with E-state index in [9.17, 15) is 18.4 Å². The van der Waals surface area contributed by atoms with Gasteiger partial charge in [0.2, 0.25) is 5.43 Å². The Bertz CT molecular complexity index is 1050. The summed E-state index contributed by atoms with van der Waals surface area (Å²) in [6.45, 7) is 0.810. The van der Waals surface area contributed by atoms with Gasteiger partial charge in [0.1, 0.15) is 23.7 Å².